The molecule has 1 heterocycles. The normalized spacial score (nSPS) is 14.6. The van der Waals surface area contributed by atoms with Gasteiger partial charge in [-0.1, -0.05) is 18.3 Å². The van der Waals surface area contributed by atoms with Crippen LogP contribution in [-0.4, -0.2) is 17.6 Å². The number of hydrogen-bond acceptors (Lipinski definition) is 3. The van der Waals surface area contributed by atoms with E-state index in [-0.39, 0.29) is 18.4 Å². The molecule has 1 aromatic heterocycles. The third kappa shape index (κ3) is 3.09. The second-order valence-electron chi connectivity index (χ2n) is 4.06. The monoisotopic (exact) mass is 249 g/mol. The molecule has 2 N–H and O–H groups in total. The Hall–Kier alpha value is -1.31. The van der Waals surface area contributed by atoms with Crippen molar-refractivity contribution < 1.29 is 9.90 Å². The van der Waals surface area contributed by atoms with Gasteiger partial charge in [0.25, 0.3) is 0 Å². The van der Waals surface area contributed by atoms with Crippen molar-refractivity contribution in [2.45, 2.75) is 25.8 Å². The van der Waals surface area contributed by atoms with E-state index in [9.17, 15) is 4.79 Å². The summed E-state index contributed by atoms with van der Waals surface area (Å²) in [4.78, 5) is 12.7. The molecule has 2 rings (SSSR count). The van der Waals surface area contributed by atoms with Gasteiger partial charge < -0.3 is 10.4 Å². The third-order valence-corrected chi connectivity index (χ3v) is 3.87. The molecule has 0 aliphatic heterocycles. The lowest BCUT2D eigenvalue weighted by Gasteiger charge is -2.23. The molecule has 0 unspecified atom stereocenters. The number of carbonyl (C=O) groups excluding carboxylic acids is 1. The molecule has 90 valence electrons. The van der Waals surface area contributed by atoms with Crippen LogP contribution in [0, 0.1) is 17.8 Å². The van der Waals surface area contributed by atoms with E-state index in [0.717, 1.165) is 23.3 Å². The minimum absolute atomic E-state index is 0.135. The summed E-state index contributed by atoms with van der Waals surface area (Å²) < 4.78 is 0. The number of aliphatic hydroxyl groups excluding tert-OH is 1. The minimum Gasteiger partial charge on any atom is -0.384 e. The highest BCUT2D eigenvalue weighted by Gasteiger charge is 2.24. The summed E-state index contributed by atoms with van der Waals surface area (Å²) in [5.74, 6) is 5.89. The lowest BCUT2D eigenvalue weighted by atomic mass is 9.85. The van der Waals surface area contributed by atoms with Crippen molar-refractivity contribution in [2.75, 3.05) is 6.61 Å². The minimum atomic E-state index is -0.135. The summed E-state index contributed by atoms with van der Waals surface area (Å²) >= 11 is 1.58. The Kier molecular flexibility index (Phi) is 4.18. The van der Waals surface area contributed by atoms with Crippen molar-refractivity contribution in [1.29, 1.82) is 0 Å². The van der Waals surface area contributed by atoms with Crippen LogP contribution >= 0.6 is 11.3 Å². The van der Waals surface area contributed by atoms with Gasteiger partial charge >= 0.3 is 0 Å². The number of hydrogen-bond donors (Lipinski definition) is 2. The van der Waals surface area contributed by atoms with Crippen LogP contribution in [0.1, 0.15) is 29.7 Å². The zero-order chi connectivity index (χ0) is 12.1. The Morgan fingerprint density at radius 1 is 1.59 bits per heavy atom. The van der Waals surface area contributed by atoms with Gasteiger partial charge in [0, 0.05) is 16.4 Å². The largest absolute Gasteiger partial charge is 0.384 e. The van der Waals surface area contributed by atoms with Crippen molar-refractivity contribution in [3.05, 3.63) is 21.9 Å². The van der Waals surface area contributed by atoms with E-state index in [2.05, 4.69) is 17.2 Å². The number of carbonyl (C=O) groups is 1. The molecule has 0 bridgehead atoms. The smallest absolute Gasteiger partial charge is 0.223 e. The van der Waals surface area contributed by atoms with Crippen LogP contribution in [0.15, 0.2) is 11.4 Å². The molecule has 0 aromatic carbocycles. The highest BCUT2D eigenvalue weighted by Crippen LogP contribution is 2.26. The predicted octanol–water partition coefficient (Wildman–Crippen LogP) is 1.51. The highest BCUT2D eigenvalue weighted by atomic mass is 32.1. The fourth-order valence-corrected chi connectivity index (χ4v) is 2.48. The first kappa shape index (κ1) is 12.2. The number of rotatable bonds is 3. The van der Waals surface area contributed by atoms with E-state index in [1.807, 2.05) is 11.4 Å². The van der Waals surface area contributed by atoms with Gasteiger partial charge in [0.15, 0.2) is 0 Å². The Labute approximate surface area is 105 Å². The SMILES string of the molecule is O=C(NCc1sccc1C#CCO)C1CCC1. The Morgan fingerprint density at radius 2 is 2.41 bits per heavy atom. The average molecular weight is 249 g/mol. The summed E-state index contributed by atoms with van der Waals surface area (Å²) in [6, 6.07) is 1.91. The molecule has 1 amide bonds. The van der Waals surface area contributed by atoms with Crippen molar-refractivity contribution in [2.24, 2.45) is 5.92 Å². The van der Waals surface area contributed by atoms with Gasteiger partial charge in [0.1, 0.15) is 6.61 Å². The Balaban J connectivity index is 1.89. The molecule has 0 saturated heterocycles. The van der Waals surface area contributed by atoms with E-state index < -0.39 is 0 Å². The maximum atomic E-state index is 11.7. The van der Waals surface area contributed by atoms with E-state index in [1.54, 1.807) is 11.3 Å². The molecule has 1 saturated carbocycles. The van der Waals surface area contributed by atoms with Crippen LogP contribution in [0.5, 0.6) is 0 Å². The van der Waals surface area contributed by atoms with Crippen molar-refractivity contribution in [3.63, 3.8) is 0 Å². The molecule has 1 aromatic rings. The van der Waals surface area contributed by atoms with Gasteiger partial charge in [-0.25, -0.2) is 0 Å². The summed E-state index contributed by atoms with van der Waals surface area (Å²) in [6.45, 7) is 0.409. The highest BCUT2D eigenvalue weighted by molar-refractivity contribution is 7.10. The van der Waals surface area contributed by atoms with Crippen LogP contribution in [0.2, 0.25) is 0 Å². The van der Waals surface area contributed by atoms with Crippen molar-refractivity contribution in [1.82, 2.24) is 5.32 Å². The molecule has 4 heteroatoms. The summed E-state index contributed by atoms with van der Waals surface area (Å²) in [5, 5.41) is 13.5. The van der Waals surface area contributed by atoms with E-state index >= 15 is 0 Å². The predicted molar refractivity (Wildman–Crippen MR) is 67.5 cm³/mol. The molecule has 1 aliphatic rings. The Morgan fingerprint density at radius 3 is 3.06 bits per heavy atom. The van der Waals surface area contributed by atoms with Gasteiger partial charge in [-0.05, 0) is 24.3 Å². The zero-order valence-corrected chi connectivity index (χ0v) is 10.3. The zero-order valence-electron chi connectivity index (χ0n) is 9.53. The third-order valence-electron chi connectivity index (χ3n) is 2.95. The molecule has 3 nitrogen and oxygen atoms in total. The molecule has 0 radical (unpaired) electrons. The fraction of sp³-hybridized carbons (Fsp3) is 0.462. The lowest BCUT2D eigenvalue weighted by molar-refractivity contribution is -0.127. The van der Waals surface area contributed by atoms with Gasteiger partial charge in [-0.3, -0.25) is 4.79 Å². The molecule has 1 fully saturated rings. The maximum absolute atomic E-state index is 11.7. The molecular formula is C13H15NO2S. The maximum Gasteiger partial charge on any atom is 0.223 e. The molecule has 1 aliphatic carbocycles. The second-order valence-corrected chi connectivity index (χ2v) is 5.06. The first-order chi connectivity index (χ1) is 8.31. The fourth-order valence-electron chi connectivity index (χ4n) is 1.71. The number of amides is 1. The number of thiophene rings is 1. The van der Waals surface area contributed by atoms with Crippen molar-refractivity contribution >= 4 is 17.2 Å². The molecule has 17 heavy (non-hydrogen) atoms. The number of nitrogens with one attached hydrogen (secondary N) is 1. The van der Waals surface area contributed by atoms with Crippen LogP contribution in [0.4, 0.5) is 0 Å². The summed E-state index contributed by atoms with van der Waals surface area (Å²) in [5.41, 5.74) is 0.901. The molecule has 0 atom stereocenters. The topological polar surface area (TPSA) is 49.3 Å². The van der Waals surface area contributed by atoms with Gasteiger partial charge in [-0.15, -0.1) is 11.3 Å². The van der Waals surface area contributed by atoms with Gasteiger partial charge in [0.2, 0.25) is 5.91 Å². The second kappa shape index (κ2) is 5.85. The van der Waals surface area contributed by atoms with E-state index in [4.69, 9.17) is 5.11 Å². The summed E-state index contributed by atoms with van der Waals surface area (Å²) in [6.07, 6.45) is 3.21. The van der Waals surface area contributed by atoms with Gasteiger partial charge in [-0.2, -0.15) is 0 Å². The van der Waals surface area contributed by atoms with Crippen molar-refractivity contribution in [3.8, 4) is 11.8 Å². The number of aliphatic hydroxyl groups is 1. The van der Waals surface area contributed by atoms with Crippen LogP contribution < -0.4 is 5.32 Å². The van der Waals surface area contributed by atoms with Crippen LogP contribution in [0.3, 0.4) is 0 Å². The average Bonchev–Trinajstić information content (AvgIpc) is 2.68. The molecular weight excluding hydrogens is 234 g/mol. The Bertz CT molecular complexity index is 451. The lowest BCUT2D eigenvalue weighted by Crippen LogP contribution is -2.33. The van der Waals surface area contributed by atoms with Gasteiger partial charge in [0.05, 0.1) is 6.54 Å². The van der Waals surface area contributed by atoms with Crippen LogP contribution in [-0.2, 0) is 11.3 Å². The first-order valence-electron chi connectivity index (χ1n) is 5.75. The quantitative estimate of drug-likeness (QED) is 0.798. The first-order valence-corrected chi connectivity index (χ1v) is 6.63. The van der Waals surface area contributed by atoms with E-state index in [0.29, 0.717) is 6.54 Å². The molecule has 0 spiro atoms. The summed E-state index contributed by atoms with van der Waals surface area (Å²) in [7, 11) is 0. The standard InChI is InChI=1S/C13H15NO2S/c15-7-2-5-10-6-8-17-12(10)9-14-13(16)11-3-1-4-11/h6,8,11,15H,1,3-4,7,9H2,(H,14,16). The van der Waals surface area contributed by atoms with E-state index in [1.165, 1.54) is 6.42 Å². The van der Waals surface area contributed by atoms with Crippen LogP contribution in [0.25, 0.3) is 0 Å².